The van der Waals surface area contributed by atoms with Crippen LogP contribution in [0.3, 0.4) is 0 Å². The van der Waals surface area contributed by atoms with Crippen molar-refractivity contribution in [1.82, 2.24) is 0 Å². The van der Waals surface area contributed by atoms with Crippen LogP contribution in [0.4, 0.5) is 0 Å². The predicted octanol–water partition coefficient (Wildman–Crippen LogP) is -11.7. The number of hydrogen-bond acceptors (Lipinski definition) is 32. The molecule has 0 bridgehead atoms. The molecule has 6 heterocycles. The Morgan fingerprint density at radius 3 is 1.09 bits per heavy atom. The summed E-state index contributed by atoms with van der Waals surface area (Å²) < 4.78 is 93.9. The first-order chi connectivity index (χ1) is 36.0. The second kappa shape index (κ2) is 26.3. The summed E-state index contributed by atoms with van der Waals surface area (Å²) in [5.74, 6) is 0. The number of rotatable bonds is 19. The second-order valence-corrected chi connectivity index (χ2v) is 20.6. The third-order valence-electron chi connectivity index (χ3n) is 13.9. The molecule has 18 N–H and O–H groups in total. The lowest BCUT2D eigenvalue weighted by Crippen LogP contribution is -2.68. The average Bonchev–Trinajstić information content (AvgIpc) is 3.40. The van der Waals surface area contributed by atoms with Crippen LogP contribution < -0.4 is 0 Å². The van der Waals surface area contributed by atoms with Crippen molar-refractivity contribution in [2.75, 3.05) is 46.2 Å². The smallest absolute Gasteiger partial charge is 0.297 e. The van der Waals surface area contributed by atoms with Crippen LogP contribution >= 0.6 is 0 Å². The van der Waals surface area contributed by atoms with E-state index in [-0.39, 0.29) is 11.5 Å². The van der Waals surface area contributed by atoms with E-state index < -0.39 is 228 Å². The minimum Gasteiger partial charge on any atom is -0.394 e. The molecule has 0 spiro atoms. The molecule has 438 valence electrons. The maximum Gasteiger partial charge on any atom is 0.297 e. The van der Waals surface area contributed by atoms with Gasteiger partial charge in [-0.2, -0.15) is 8.42 Å². The van der Waals surface area contributed by atoms with E-state index in [0.717, 1.165) is 0 Å². The SMILES string of the molecule is Cc1ccc(S(=O)(=O)OCC2OC(OC3C(CO)OC(OC4C(CO)OC(OC5C(CO)OCC(O)C5O)C(O)C4O)C(O)C3O)C(O)C(O)C2OC2OC(CO)C(OC3OC(CO)C(O)C(O)C3O)C(O)C2O)cc1. The Kier molecular flexibility index (Phi) is 21.3. The normalized spacial score (nSPS) is 47.6. The fourth-order valence-corrected chi connectivity index (χ4v) is 10.3. The summed E-state index contributed by atoms with van der Waals surface area (Å²) in [6, 6.07) is 5.32. The molecule has 6 aliphatic rings. The minimum absolute atomic E-state index is 0.351. The molecule has 33 heteroatoms. The molecule has 6 fully saturated rings. The van der Waals surface area contributed by atoms with Crippen molar-refractivity contribution < 1.29 is 157 Å². The lowest BCUT2D eigenvalue weighted by molar-refractivity contribution is -0.394. The molecular weight excluding hydrogens is 1060 g/mol. The first-order valence-corrected chi connectivity index (χ1v) is 25.4. The van der Waals surface area contributed by atoms with Gasteiger partial charge < -0.3 is 144 Å². The largest absolute Gasteiger partial charge is 0.394 e. The van der Waals surface area contributed by atoms with Gasteiger partial charge >= 0.3 is 0 Å². The molecule has 0 amide bonds. The molecule has 76 heavy (non-hydrogen) atoms. The zero-order chi connectivity index (χ0) is 55.7. The van der Waals surface area contributed by atoms with E-state index in [4.69, 9.17) is 56.3 Å². The Hall–Kier alpha value is -2.03. The van der Waals surface area contributed by atoms with Crippen LogP contribution in [0.5, 0.6) is 0 Å². The highest BCUT2D eigenvalue weighted by Gasteiger charge is 2.57. The molecule has 29 atom stereocenters. The predicted molar refractivity (Wildman–Crippen MR) is 235 cm³/mol. The highest BCUT2D eigenvalue weighted by Crippen LogP contribution is 2.37. The van der Waals surface area contributed by atoms with Gasteiger partial charge in [0.2, 0.25) is 0 Å². The van der Waals surface area contributed by atoms with Gasteiger partial charge in [0.1, 0.15) is 146 Å². The van der Waals surface area contributed by atoms with E-state index in [1.165, 1.54) is 24.3 Å². The molecule has 0 saturated carbocycles. The van der Waals surface area contributed by atoms with Crippen LogP contribution in [0, 0.1) is 6.92 Å². The van der Waals surface area contributed by atoms with E-state index in [1.807, 2.05) is 0 Å². The average molecular weight is 1130 g/mol. The Morgan fingerprint density at radius 1 is 0.408 bits per heavy atom. The fourth-order valence-electron chi connectivity index (χ4n) is 9.38. The van der Waals surface area contributed by atoms with Gasteiger partial charge in [0.25, 0.3) is 10.1 Å². The lowest BCUT2D eigenvalue weighted by Gasteiger charge is -2.49. The quantitative estimate of drug-likeness (QED) is 0.0572. The van der Waals surface area contributed by atoms with Crippen molar-refractivity contribution in [2.45, 2.75) is 190 Å². The van der Waals surface area contributed by atoms with Crippen LogP contribution in [0.2, 0.25) is 0 Å². The van der Waals surface area contributed by atoms with E-state index >= 15 is 0 Å². The number of ether oxygens (including phenoxy) is 11. The Bertz CT molecular complexity index is 2060. The van der Waals surface area contributed by atoms with Crippen molar-refractivity contribution in [3.05, 3.63) is 29.8 Å². The van der Waals surface area contributed by atoms with Crippen LogP contribution in [0.1, 0.15) is 5.56 Å². The molecule has 0 aromatic heterocycles. The van der Waals surface area contributed by atoms with Crippen molar-refractivity contribution in [1.29, 1.82) is 0 Å². The van der Waals surface area contributed by atoms with Gasteiger partial charge in [0.15, 0.2) is 31.5 Å². The zero-order valence-electron chi connectivity index (χ0n) is 40.2. The van der Waals surface area contributed by atoms with E-state index in [0.29, 0.717) is 5.56 Å². The summed E-state index contributed by atoms with van der Waals surface area (Å²) in [6.45, 7) is -4.43. The number of benzene rings is 1. The molecule has 1 aromatic rings. The summed E-state index contributed by atoms with van der Waals surface area (Å²) >= 11 is 0. The zero-order valence-corrected chi connectivity index (χ0v) is 41.0. The van der Waals surface area contributed by atoms with Gasteiger partial charge in [-0.1, -0.05) is 17.7 Å². The van der Waals surface area contributed by atoms with Gasteiger partial charge in [0.05, 0.1) is 51.1 Å². The summed E-state index contributed by atoms with van der Waals surface area (Å²) in [7, 11) is -4.67. The molecule has 0 radical (unpaired) electrons. The summed E-state index contributed by atoms with van der Waals surface area (Å²) in [5, 5.41) is 192. The van der Waals surface area contributed by atoms with Crippen molar-refractivity contribution in [3.63, 3.8) is 0 Å². The molecule has 6 aliphatic heterocycles. The van der Waals surface area contributed by atoms with Gasteiger partial charge in [0, 0.05) is 0 Å². The maximum atomic E-state index is 13.4. The number of aliphatic hydroxyl groups excluding tert-OH is 18. The van der Waals surface area contributed by atoms with Gasteiger partial charge in [-0.25, -0.2) is 0 Å². The topological polar surface area (TPSA) is 509 Å². The highest BCUT2D eigenvalue weighted by molar-refractivity contribution is 7.86. The lowest BCUT2D eigenvalue weighted by atomic mass is 9.95. The van der Waals surface area contributed by atoms with Crippen LogP contribution in [-0.4, -0.2) is 325 Å². The third-order valence-corrected chi connectivity index (χ3v) is 15.2. The maximum absolute atomic E-state index is 13.4. The highest BCUT2D eigenvalue weighted by atomic mass is 32.2. The van der Waals surface area contributed by atoms with Crippen LogP contribution in [0.25, 0.3) is 0 Å². The number of hydrogen-bond donors (Lipinski definition) is 18. The first kappa shape index (κ1) is 61.6. The molecule has 6 saturated heterocycles. The number of aliphatic hydroxyl groups is 18. The number of aryl methyl sites for hydroxylation is 1. The van der Waals surface area contributed by atoms with Crippen molar-refractivity contribution in [2.24, 2.45) is 0 Å². The van der Waals surface area contributed by atoms with Gasteiger partial charge in [-0.05, 0) is 19.1 Å². The fraction of sp³-hybridized carbons (Fsp3) is 0.860. The summed E-state index contributed by atoms with van der Waals surface area (Å²) in [6.07, 6.45) is -55.3. The monoisotopic (exact) mass is 1130 g/mol. The Balaban J connectivity index is 1.06. The van der Waals surface area contributed by atoms with E-state index in [2.05, 4.69) is 0 Å². The molecule has 1 aromatic carbocycles. The molecule has 32 nitrogen and oxygen atoms in total. The van der Waals surface area contributed by atoms with Crippen LogP contribution in [0.15, 0.2) is 29.2 Å². The Labute approximate surface area is 431 Å². The first-order valence-electron chi connectivity index (χ1n) is 24.0. The van der Waals surface area contributed by atoms with Crippen LogP contribution in [-0.2, 0) is 66.4 Å². The van der Waals surface area contributed by atoms with E-state index in [9.17, 15) is 100 Å². The Morgan fingerprint density at radius 2 is 0.724 bits per heavy atom. The van der Waals surface area contributed by atoms with Gasteiger partial charge in [-0.3, -0.25) is 4.18 Å². The summed E-state index contributed by atoms with van der Waals surface area (Å²) in [5.41, 5.74) is 0.676. The van der Waals surface area contributed by atoms with Gasteiger partial charge in [-0.15, -0.1) is 0 Å². The summed E-state index contributed by atoms with van der Waals surface area (Å²) in [4.78, 5) is -0.351. The third kappa shape index (κ3) is 13.0. The minimum atomic E-state index is -4.67. The molecule has 0 aliphatic carbocycles. The second-order valence-electron chi connectivity index (χ2n) is 19.0. The van der Waals surface area contributed by atoms with Crippen molar-refractivity contribution >= 4 is 10.1 Å². The molecular formula is C43H68O32S. The molecule has 7 rings (SSSR count). The van der Waals surface area contributed by atoms with E-state index in [1.54, 1.807) is 6.92 Å². The van der Waals surface area contributed by atoms with Crippen molar-refractivity contribution in [3.8, 4) is 0 Å². The molecule has 29 unspecified atom stereocenters. The standard InChI is InChI=1S/C43H68O32S/c1-13-2-4-14(5-3-13)76(62,63)65-12-21-38(75-42-32(60)27(55)35(18(8-46)69-42)72-39-29(57)24(52)23(51)16(6-44)66-39)28(56)33(61)43(70-21)74-37-20(10-48)68-41(31(59)26(37)54)73-36-19(9-47)67-40(30(58)25(36)53)71-34-17(7-45)64-11-15(49)22(34)50/h2-5,15-61H,6-12H2,1H3.